The minimum atomic E-state index is -3.47. The fraction of sp³-hybridized carbons (Fsp3) is 0.667. The second-order valence-corrected chi connectivity index (χ2v) is 8.62. The molecule has 25 heavy (non-hydrogen) atoms. The summed E-state index contributed by atoms with van der Waals surface area (Å²) in [6, 6.07) is 7.08. The Labute approximate surface area is 150 Å². The van der Waals surface area contributed by atoms with E-state index in [9.17, 15) is 8.42 Å². The first-order valence-electron chi connectivity index (χ1n) is 9.09. The molecular formula is C18H28N2O4S. The zero-order chi connectivity index (χ0) is 17.9. The number of rotatable bonds is 7. The summed E-state index contributed by atoms with van der Waals surface area (Å²) >= 11 is 0. The number of piperazine rings is 1. The average molecular weight is 368 g/mol. The largest absolute Gasteiger partial charge is 0.491 e. The van der Waals surface area contributed by atoms with Gasteiger partial charge in [0.05, 0.1) is 11.5 Å². The van der Waals surface area contributed by atoms with Crippen LogP contribution in [0.25, 0.3) is 0 Å². The summed E-state index contributed by atoms with van der Waals surface area (Å²) in [7, 11) is -3.47. The van der Waals surface area contributed by atoms with Gasteiger partial charge >= 0.3 is 0 Å². The lowest BCUT2D eigenvalue weighted by Gasteiger charge is -2.41. The Kier molecular flexibility index (Phi) is 5.99. The first kappa shape index (κ1) is 18.6. The third-order valence-corrected chi connectivity index (χ3v) is 7.01. The monoisotopic (exact) mass is 368 g/mol. The van der Waals surface area contributed by atoms with E-state index < -0.39 is 10.0 Å². The molecule has 2 aliphatic rings. The van der Waals surface area contributed by atoms with Crippen molar-refractivity contribution in [2.75, 3.05) is 39.5 Å². The van der Waals surface area contributed by atoms with Crippen LogP contribution in [-0.4, -0.2) is 69.2 Å². The van der Waals surface area contributed by atoms with Crippen molar-refractivity contribution >= 4 is 10.0 Å². The van der Waals surface area contributed by atoms with Gasteiger partial charge in [-0.15, -0.1) is 0 Å². The molecule has 0 saturated carbocycles. The number of ether oxygens (including phenoxy) is 2. The molecule has 2 aliphatic heterocycles. The Morgan fingerprint density at radius 1 is 1.16 bits per heavy atom. The molecule has 2 heterocycles. The van der Waals surface area contributed by atoms with E-state index in [-0.39, 0.29) is 6.04 Å². The van der Waals surface area contributed by atoms with Crippen LogP contribution in [0.1, 0.15) is 26.7 Å². The molecule has 0 spiro atoms. The average Bonchev–Trinajstić information content (AvgIpc) is 3.05. The highest BCUT2D eigenvalue weighted by molar-refractivity contribution is 7.89. The van der Waals surface area contributed by atoms with E-state index in [0.717, 1.165) is 19.5 Å². The van der Waals surface area contributed by atoms with E-state index in [4.69, 9.17) is 9.47 Å². The molecule has 0 aromatic heterocycles. The molecule has 1 aromatic rings. The summed E-state index contributed by atoms with van der Waals surface area (Å²) in [5.74, 6) is 0.660. The van der Waals surface area contributed by atoms with Crippen molar-refractivity contribution < 1.29 is 17.9 Å². The van der Waals surface area contributed by atoms with Crippen LogP contribution in [-0.2, 0) is 14.8 Å². The molecule has 2 saturated heterocycles. The van der Waals surface area contributed by atoms with E-state index in [1.807, 2.05) is 13.8 Å². The van der Waals surface area contributed by atoms with Crippen molar-refractivity contribution in [2.24, 2.45) is 0 Å². The summed E-state index contributed by atoms with van der Waals surface area (Å²) in [6.45, 7) is 8.09. The van der Waals surface area contributed by atoms with Crippen LogP contribution in [0.15, 0.2) is 29.2 Å². The normalized spacial score (nSPS) is 25.0. The van der Waals surface area contributed by atoms with E-state index in [1.165, 1.54) is 6.42 Å². The number of sulfonamides is 1. The molecule has 0 unspecified atom stereocenters. The SMILES string of the molecule is CCOCCOc1ccc(S(=O)(=O)N2C[C@@H]3CCCN3C[C@@H]2C)cc1. The Hall–Kier alpha value is -1.15. The Balaban J connectivity index is 1.67. The van der Waals surface area contributed by atoms with Gasteiger partial charge in [-0.05, 0) is 57.5 Å². The van der Waals surface area contributed by atoms with Gasteiger partial charge in [0.1, 0.15) is 12.4 Å². The van der Waals surface area contributed by atoms with Crippen molar-refractivity contribution in [2.45, 2.75) is 43.7 Å². The quantitative estimate of drug-likeness (QED) is 0.689. The minimum Gasteiger partial charge on any atom is -0.491 e. The van der Waals surface area contributed by atoms with Crippen molar-refractivity contribution in [1.82, 2.24) is 9.21 Å². The number of benzene rings is 1. The Morgan fingerprint density at radius 2 is 1.92 bits per heavy atom. The fourth-order valence-electron chi connectivity index (χ4n) is 3.70. The maximum absolute atomic E-state index is 13.0. The highest BCUT2D eigenvalue weighted by atomic mass is 32.2. The Morgan fingerprint density at radius 3 is 2.64 bits per heavy atom. The first-order chi connectivity index (χ1) is 12.0. The predicted octanol–water partition coefficient (Wildman–Crippen LogP) is 1.96. The first-order valence-corrected chi connectivity index (χ1v) is 10.5. The van der Waals surface area contributed by atoms with Crippen molar-refractivity contribution in [1.29, 1.82) is 0 Å². The van der Waals surface area contributed by atoms with Gasteiger partial charge in [0, 0.05) is 31.8 Å². The number of hydrogen-bond acceptors (Lipinski definition) is 5. The van der Waals surface area contributed by atoms with Crippen LogP contribution >= 0.6 is 0 Å². The summed E-state index contributed by atoms with van der Waals surface area (Å²) in [5, 5.41) is 0. The lowest BCUT2D eigenvalue weighted by molar-refractivity contribution is 0.110. The second kappa shape index (κ2) is 8.03. The van der Waals surface area contributed by atoms with Crippen molar-refractivity contribution in [3.8, 4) is 5.75 Å². The van der Waals surface area contributed by atoms with E-state index >= 15 is 0 Å². The van der Waals surface area contributed by atoms with Crippen LogP contribution in [0.4, 0.5) is 0 Å². The highest BCUT2D eigenvalue weighted by Gasteiger charge is 2.40. The Bertz CT molecular complexity index is 662. The minimum absolute atomic E-state index is 0.00136. The van der Waals surface area contributed by atoms with Crippen LogP contribution in [0, 0.1) is 0 Å². The van der Waals surface area contributed by atoms with E-state index in [0.29, 0.717) is 43.1 Å². The van der Waals surface area contributed by atoms with E-state index in [2.05, 4.69) is 4.90 Å². The summed E-state index contributed by atoms with van der Waals surface area (Å²) in [6.07, 6.45) is 2.25. The summed E-state index contributed by atoms with van der Waals surface area (Å²) in [5.41, 5.74) is 0. The molecular weight excluding hydrogens is 340 g/mol. The van der Waals surface area contributed by atoms with Gasteiger partial charge in [-0.2, -0.15) is 4.31 Å². The van der Waals surface area contributed by atoms with Crippen LogP contribution in [0.3, 0.4) is 0 Å². The molecule has 2 atom stereocenters. The van der Waals surface area contributed by atoms with Crippen LogP contribution in [0.2, 0.25) is 0 Å². The van der Waals surface area contributed by atoms with Gasteiger partial charge in [-0.1, -0.05) is 0 Å². The van der Waals surface area contributed by atoms with Gasteiger partial charge in [0.25, 0.3) is 0 Å². The zero-order valence-corrected chi connectivity index (χ0v) is 15.9. The molecule has 140 valence electrons. The molecule has 7 heteroatoms. The molecule has 0 amide bonds. The number of fused-ring (bicyclic) bond motifs is 1. The van der Waals surface area contributed by atoms with Gasteiger partial charge in [-0.25, -0.2) is 8.42 Å². The van der Waals surface area contributed by atoms with E-state index in [1.54, 1.807) is 28.6 Å². The topological polar surface area (TPSA) is 59.1 Å². The maximum Gasteiger partial charge on any atom is 0.243 e. The van der Waals surface area contributed by atoms with Gasteiger partial charge in [0.15, 0.2) is 0 Å². The third-order valence-electron chi connectivity index (χ3n) is 5.01. The van der Waals surface area contributed by atoms with Gasteiger partial charge < -0.3 is 9.47 Å². The highest BCUT2D eigenvalue weighted by Crippen LogP contribution is 2.29. The molecule has 0 bridgehead atoms. The van der Waals surface area contributed by atoms with Gasteiger partial charge in [-0.3, -0.25) is 4.90 Å². The standard InChI is InChI=1S/C18H28N2O4S/c1-3-23-11-12-24-17-6-8-18(9-7-17)25(21,22)20-14-16-5-4-10-19(16)13-15(20)2/h6-9,15-16H,3-5,10-14H2,1-2H3/t15-,16-/m0/s1. The zero-order valence-electron chi connectivity index (χ0n) is 15.1. The van der Waals surface area contributed by atoms with Crippen molar-refractivity contribution in [3.63, 3.8) is 0 Å². The molecule has 2 fully saturated rings. The molecule has 1 aromatic carbocycles. The lowest BCUT2D eigenvalue weighted by atomic mass is 10.1. The predicted molar refractivity (Wildman–Crippen MR) is 96.4 cm³/mol. The number of nitrogens with zero attached hydrogens (tertiary/aromatic N) is 2. The van der Waals surface area contributed by atoms with Crippen LogP contribution < -0.4 is 4.74 Å². The second-order valence-electron chi connectivity index (χ2n) is 6.73. The van der Waals surface area contributed by atoms with Crippen molar-refractivity contribution in [3.05, 3.63) is 24.3 Å². The fourth-order valence-corrected chi connectivity index (χ4v) is 5.36. The molecule has 0 aliphatic carbocycles. The van der Waals surface area contributed by atoms with Crippen LogP contribution in [0.5, 0.6) is 5.75 Å². The molecule has 0 N–H and O–H groups in total. The third kappa shape index (κ3) is 4.16. The molecule has 3 rings (SSSR count). The lowest BCUT2D eigenvalue weighted by Crippen LogP contribution is -2.56. The molecule has 6 nitrogen and oxygen atoms in total. The smallest absolute Gasteiger partial charge is 0.243 e. The summed E-state index contributed by atoms with van der Waals surface area (Å²) < 4.78 is 38.5. The maximum atomic E-state index is 13.0. The summed E-state index contributed by atoms with van der Waals surface area (Å²) in [4.78, 5) is 2.76. The number of hydrogen-bond donors (Lipinski definition) is 0. The molecule has 0 radical (unpaired) electrons. The van der Waals surface area contributed by atoms with Gasteiger partial charge in [0.2, 0.25) is 10.0 Å².